The predicted octanol–water partition coefficient (Wildman–Crippen LogP) is 3.84. The fraction of sp³-hybridized carbons (Fsp3) is 0.0909. The molecule has 0 N–H and O–H groups in total. The topological polar surface area (TPSA) is 53.4 Å². The van der Waals surface area contributed by atoms with E-state index in [1.54, 1.807) is 4.57 Å². The van der Waals surface area contributed by atoms with Crippen LogP contribution in [0.4, 0.5) is 0 Å². The highest BCUT2D eigenvalue weighted by Gasteiger charge is 2.20. The lowest BCUT2D eigenvalue weighted by molar-refractivity contribution is 0.174. The lowest BCUT2D eigenvalue weighted by atomic mass is 10.1. The second-order valence-corrected chi connectivity index (χ2v) is 6.40. The molecule has 0 unspecified atom stereocenters. The number of ether oxygens (including phenoxy) is 2. The summed E-state index contributed by atoms with van der Waals surface area (Å²) >= 11 is 0. The van der Waals surface area contributed by atoms with Crippen molar-refractivity contribution in [2.24, 2.45) is 0 Å². The van der Waals surface area contributed by atoms with Gasteiger partial charge in [-0.1, -0.05) is 60.7 Å². The van der Waals surface area contributed by atoms with Crippen molar-refractivity contribution in [3.63, 3.8) is 0 Å². The Balaban J connectivity index is 1.79. The minimum Gasteiger partial charge on any atom is -0.454 e. The first-order valence-electron chi connectivity index (χ1n) is 8.73. The summed E-state index contributed by atoms with van der Waals surface area (Å²) in [4.78, 5) is 17.3. The highest BCUT2D eigenvalue weighted by atomic mass is 16.7. The number of benzene rings is 3. The Labute approximate surface area is 155 Å². The number of hydrogen-bond donors (Lipinski definition) is 0. The zero-order valence-corrected chi connectivity index (χ0v) is 14.5. The predicted molar refractivity (Wildman–Crippen MR) is 103 cm³/mol. The van der Waals surface area contributed by atoms with Gasteiger partial charge in [-0.3, -0.25) is 4.57 Å². The van der Waals surface area contributed by atoms with Gasteiger partial charge in [-0.15, -0.1) is 0 Å². The van der Waals surface area contributed by atoms with Crippen LogP contribution >= 0.6 is 0 Å². The maximum absolute atomic E-state index is 12.9. The van der Waals surface area contributed by atoms with Crippen LogP contribution in [0.2, 0.25) is 0 Å². The molecule has 2 heterocycles. The first kappa shape index (κ1) is 15.6. The molecular weight excluding hydrogens is 340 g/mol. The van der Waals surface area contributed by atoms with E-state index in [9.17, 15) is 4.79 Å². The molecule has 5 nitrogen and oxygen atoms in total. The molecule has 1 aliphatic heterocycles. The molecule has 0 fully saturated rings. The Morgan fingerprint density at radius 3 is 2.30 bits per heavy atom. The first-order valence-corrected chi connectivity index (χ1v) is 8.73. The van der Waals surface area contributed by atoms with Crippen molar-refractivity contribution < 1.29 is 9.47 Å². The van der Waals surface area contributed by atoms with Crippen molar-refractivity contribution in [2.45, 2.75) is 6.54 Å². The fourth-order valence-corrected chi connectivity index (χ4v) is 3.40. The van der Waals surface area contributed by atoms with E-state index in [1.807, 2.05) is 72.8 Å². The second-order valence-electron chi connectivity index (χ2n) is 6.40. The summed E-state index contributed by atoms with van der Waals surface area (Å²) < 4.78 is 12.8. The monoisotopic (exact) mass is 356 g/mol. The van der Waals surface area contributed by atoms with Crippen molar-refractivity contribution >= 4 is 10.9 Å². The van der Waals surface area contributed by atoms with Gasteiger partial charge in [0.1, 0.15) is 0 Å². The maximum Gasteiger partial charge on any atom is 0.348 e. The van der Waals surface area contributed by atoms with Gasteiger partial charge < -0.3 is 9.47 Å². The minimum atomic E-state index is -0.288. The molecule has 0 aliphatic carbocycles. The third kappa shape index (κ3) is 2.73. The van der Waals surface area contributed by atoms with E-state index >= 15 is 0 Å². The lowest BCUT2D eigenvalue weighted by Crippen LogP contribution is -2.24. The van der Waals surface area contributed by atoms with Gasteiger partial charge >= 0.3 is 5.69 Å². The van der Waals surface area contributed by atoms with E-state index in [4.69, 9.17) is 9.47 Å². The highest BCUT2D eigenvalue weighted by Crippen LogP contribution is 2.38. The molecule has 3 aromatic carbocycles. The van der Waals surface area contributed by atoms with E-state index in [-0.39, 0.29) is 12.5 Å². The molecule has 0 bridgehead atoms. The van der Waals surface area contributed by atoms with Crippen molar-refractivity contribution in [3.05, 3.63) is 88.8 Å². The Morgan fingerprint density at radius 1 is 0.889 bits per heavy atom. The number of rotatable bonds is 3. The van der Waals surface area contributed by atoms with Crippen LogP contribution < -0.4 is 15.2 Å². The third-order valence-electron chi connectivity index (χ3n) is 4.71. The van der Waals surface area contributed by atoms with Crippen molar-refractivity contribution in [1.29, 1.82) is 0 Å². The molecule has 0 amide bonds. The molecule has 1 aromatic heterocycles. The summed E-state index contributed by atoms with van der Waals surface area (Å²) in [6.45, 7) is 0.626. The molecule has 0 spiro atoms. The molecule has 0 saturated carbocycles. The van der Waals surface area contributed by atoms with E-state index in [0.29, 0.717) is 23.7 Å². The van der Waals surface area contributed by atoms with Gasteiger partial charge in [-0.2, -0.15) is 4.98 Å². The highest BCUT2D eigenvalue weighted by molar-refractivity contribution is 5.94. The van der Waals surface area contributed by atoms with Gasteiger partial charge in [0, 0.05) is 17.0 Å². The SMILES string of the molecule is O=c1nc(-c2ccccc2)c2cc3c(cc2n1Cc1ccccc1)OCO3. The van der Waals surface area contributed by atoms with E-state index in [1.165, 1.54) is 0 Å². The molecule has 5 rings (SSSR count). The molecule has 132 valence electrons. The average molecular weight is 356 g/mol. The minimum absolute atomic E-state index is 0.183. The normalized spacial score (nSPS) is 12.4. The quantitative estimate of drug-likeness (QED) is 0.560. The molecule has 0 atom stereocenters. The van der Waals surface area contributed by atoms with Gasteiger partial charge in [0.15, 0.2) is 11.5 Å². The molecule has 1 aliphatic rings. The van der Waals surface area contributed by atoms with Crippen LogP contribution in [0.5, 0.6) is 11.5 Å². The smallest absolute Gasteiger partial charge is 0.348 e. The van der Waals surface area contributed by atoms with E-state index < -0.39 is 0 Å². The molecule has 27 heavy (non-hydrogen) atoms. The summed E-state index contributed by atoms with van der Waals surface area (Å²) in [5.74, 6) is 1.32. The van der Waals surface area contributed by atoms with E-state index in [0.717, 1.165) is 22.0 Å². The molecule has 4 aromatic rings. The Morgan fingerprint density at radius 2 is 1.56 bits per heavy atom. The van der Waals surface area contributed by atoms with Gasteiger partial charge in [0.25, 0.3) is 0 Å². The Hall–Kier alpha value is -3.60. The van der Waals surface area contributed by atoms with Gasteiger partial charge in [0.05, 0.1) is 17.8 Å². The lowest BCUT2D eigenvalue weighted by Gasteiger charge is -2.14. The first-order chi connectivity index (χ1) is 13.3. The summed E-state index contributed by atoms with van der Waals surface area (Å²) in [5.41, 5.74) is 3.07. The zero-order valence-electron chi connectivity index (χ0n) is 14.5. The van der Waals surface area contributed by atoms with Crippen LogP contribution in [0, 0.1) is 0 Å². The Kier molecular flexibility index (Phi) is 3.64. The second kappa shape index (κ2) is 6.29. The third-order valence-corrected chi connectivity index (χ3v) is 4.71. The summed E-state index contributed by atoms with van der Waals surface area (Å²) in [5, 5.41) is 0.862. The zero-order chi connectivity index (χ0) is 18.2. The van der Waals surface area contributed by atoms with Crippen LogP contribution in [-0.4, -0.2) is 16.3 Å². The summed E-state index contributed by atoms with van der Waals surface area (Å²) in [7, 11) is 0. The van der Waals surface area contributed by atoms with E-state index in [2.05, 4.69) is 4.98 Å². The summed E-state index contributed by atoms with van der Waals surface area (Å²) in [6.07, 6.45) is 0. The molecule has 0 saturated heterocycles. The largest absolute Gasteiger partial charge is 0.454 e. The Bertz CT molecular complexity index is 1190. The van der Waals surface area contributed by atoms with Crippen LogP contribution in [0.15, 0.2) is 77.6 Å². The van der Waals surface area contributed by atoms with Crippen LogP contribution in [0.25, 0.3) is 22.2 Å². The van der Waals surface area contributed by atoms with Crippen LogP contribution in [0.1, 0.15) is 5.56 Å². The summed E-state index contributed by atoms with van der Waals surface area (Å²) in [6, 6.07) is 23.4. The van der Waals surface area contributed by atoms with Crippen molar-refractivity contribution in [3.8, 4) is 22.8 Å². The van der Waals surface area contributed by atoms with Crippen molar-refractivity contribution in [2.75, 3.05) is 6.79 Å². The number of aromatic nitrogens is 2. The standard InChI is InChI=1S/C22H16N2O3/c25-22-23-21(16-9-5-2-6-10-16)17-11-19-20(27-14-26-19)12-18(17)24(22)13-15-7-3-1-4-8-15/h1-12H,13-14H2. The van der Waals surface area contributed by atoms with Gasteiger partial charge in [-0.05, 0) is 11.6 Å². The number of fused-ring (bicyclic) bond motifs is 2. The number of hydrogen-bond acceptors (Lipinski definition) is 4. The number of nitrogens with zero attached hydrogens (tertiary/aromatic N) is 2. The van der Waals surface area contributed by atoms with Gasteiger partial charge in [-0.25, -0.2) is 4.79 Å². The van der Waals surface area contributed by atoms with Crippen LogP contribution in [0.3, 0.4) is 0 Å². The van der Waals surface area contributed by atoms with Gasteiger partial charge in [0.2, 0.25) is 6.79 Å². The maximum atomic E-state index is 12.9. The fourth-order valence-electron chi connectivity index (χ4n) is 3.40. The van der Waals surface area contributed by atoms with Crippen molar-refractivity contribution in [1.82, 2.24) is 9.55 Å². The average Bonchev–Trinajstić information content (AvgIpc) is 3.17. The van der Waals surface area contributed by atoms with Crippen LogP contribution in [-0.2, 0) is 6.54 Å². The molecule has 5 heteroatoms. The molecule has 0 radical (unpaired) electrons. The molecular formula is C22H16N2O3.